The van der Waals surface area contributed by atoms with Gasteiger partial charge in [0.1, 0.15) is 0 Å². The summed E-state index contributed by atoms with van der Waals surface area (Å²) in [7, 11) is 4.93. The fraction of sp³-hybridized carbons (Fsp3) is 1.00. The van der Waals surface area contributed by atoms with Gasteiger partial charge in [0.15, 0.2) is 0 Å². The molecular weight excluding hydrogens is 68.5 g/mol. The van der Waals surface area contributed by atoms with Crippen LogP contribution in [-0.4, -0.2) is 22.0 Å². The van der Waals surface area contributed by atoms with Gasteiger partial charge in [-0.2, -0.15) is 0 Å². The zero-order valence-corrected chi connectivity index (χ0v) is 4.99. The molecule has 0 fully saturated rings. The van der Waals surface area contributed by atoms with E-state index in [9.17, 15) is 0 Å². The largest absolute Gasteiger partial charge is 0.0812 e. The Bertz CT molecular complexity index is 27.2. The average Bonchev–Trinajstić information content (AvgIpc) is 1.35. The molecule has 0 heterocycles. The first-order valence-corrected chi connectivity index (χ1v) is 2.77. The standard InChI is InChI=1S/C3H11B3/c1-3(2)5-6-4/h3,5-6H,4H2,1-2H3. The summed E-state index contributed by atoms with van der Waals surface area (Å²) in [6.07, 6.45) is 0. The lowest BCUT2D eigenvalue weighted by atomic mass is 9.25. The van der Waals surface area contributed by atoms with Crippen molar-refractivity contribution in [1.82, 2.24) is 0 Å². The van der Waals surface area contributed by atoms with E-state index in [1.807, 2.05) is 0 Å². The molecular formula is C3H11B3. The van der Waals surface area contributed by atoms with Crippen LogP contribution in [0.25, 0.3) is 0 Å². The second-order valence-electron chi connectivity index (χ2n) is 2.18. The molecule has 0 bridgehead atoms. The molecule has 6 heavy (non-hydrogen) atoms. The zero-order chi connectivity index (χ0) is 4.99. The van der Waals surface area contributed by atoms with Crippen molar-refractivity contribution in [3.05, 3.63) is 0 Å². The molecule has 0 aliphatic rings. The summed E-state index contributed by atoms with van der Waals surface area (Å²) in [4.78, 5) is 0. The Kier molecular flexibility index (Phi) is 3.50. The second kappa shape index (κ2) is 3.39. The van der Waals surface area contributed by atoms with Gasteiger partial charge in [0, 0.05) is 0 Å². The van der Waals surface area contributed by atoms with Crippen molar-refractivity contribution < 1.29 is 0 Å². The molecule has 0 N–H and O–H groups in total. The molecule has 0 radical (unpaired) electrons. The minimum Gasteiger partial charge on any atom is -0.0796 e. The lowest BCUT2D eigenvalue weighted by Crippen LogP contribution is -2.05. The Labute approximate surface area is 42.6 Å². The molecule has 0 saturated heterocycles. The van der Waals surface area contributed by atoms with E-state index in [2.05, 4.69) is 21.6 Å². The van der Waals surface area contributed by atoms with Gasteiger partial charge in [-0.05, 0) is 0 Å². The van der Waals surface area contributed by atoms with Crippen molar-refractivity contribution in [2.45, 2.75) is 19.7 Å². The van der Waals surface area contributed by atoms with E-state index in [0.29, 0.717) is 0 Å². The molecule has 3 heteroatoms. The van der Waals surface area contributed by atoms with Gasteiger partial charge in [0.05, 0.1) is 22.0 Å². The minimum absolute atomic E-state index is 0.898. The van der Waals surface area contributed by atoms with Gasteiger partial charge in [-0.15, -0.1) is 0 Å². The number of hydrogen-bond acceptors (Lipinski definition) is 0. The predicted octanol–water partition coefficient (Wildman–Crippen LogP) is -0.849. The van der Waals surface area contributed by atoms with Gasteiger partial charge in [0.25, 0.3) is 0 Å². The Balaban J connectivity index is 2.63. The molecule has 0 rings (SSSR count). The van der Waals surface area contributed by atoms with Crippen molar-refractivity contribution in [2.75, 3.05) is 0 Å². The SMILES string of the molecule is BBBC(C)C. The molecule has 0 aliphatic heterocycles. The third-order valence-electron chi connectivity index (χ3n) is 0.866. The van der Waals surface area contributed by atoms with Gasteiger partial charge in [-0.25, -0.2) is 0 Å². The highest BCUT2D eigenvalue weighted by molar-refractivity contribution is 7.24. The van der Waals surface area contributed by atoms with Crippen molar-refractivity contribution in [1.29, 1.82) is 0 Å². The van der Waals surface area contributed by atoms with E-state index in [1.54, 1.807) is 0 Å². The molecule has 0 aliphatic carbocycles. The van der Waals surface area contributed by atoms with Gasteiger partial charge in [-0.3, -0.25) is 0 Å². The third kappa shape index (κ3) is 4.19. The summed E-state index contributed by atoms with van der Waals surface area (Å²) < 4.78 is 0. The summed E-state index contributed by atoms with van der Waals surface area (Å²) >= 11 is 0. The van der Waals surface area contributed by atoms with Crippen LogP contribution < -0.4 is 0 Å². The van der Waals surface area contributed by atoms with Crippen LogP contribution in [0.4, 0.5) is 0 Å². The topological polar surface area (TPSA) is 0 Å². The first-order valence-electron chi connectivity index (χ1n) is 2.77. The monoisotopic (exact) mass is 80.1 g/mol. The highest BCUT2D eigenvalue weighted by Crippen LogP contribution is 1.92. The normalized spacial score (nSPS) is 8.50. The van der Waals surface area contributed by atoms with Crippen LogP contribution >= 0.6 is 0 Å². The molecule has 0 nitrogen and oxygen atoms in total. The van der Waals surface area contributed by atoms with Crippen molar-refractivity contribution in [3.63, 3.8) is 0 Å². The van der Waals surface area contributed by atoms with Crippen LogP contribution in [0, 0.1) is 0 Å². The molecule has 0 saturated carbocycles. The minimum atomic E-state index is 0.898. The summed E-state index contributed by atoms with van der Waals surface area (Å²) in [5.74, 6) is 0.898. The van der Waals surface area contributed by atoms with Crippen molar-refractivity contribution in [3.8, 4) is 0 Å². The molecule has 0 amide bonds. The third-order valence-corrected chi connectivity index (χ3v) is 0.866. The Morgan fingerprint density at radius 3 is 2.00 bits per heavy atom. The highest BCUT2D eigenvalue weighted by atomic mass is 13.6. The Hall–Kier alpha value is 0.195. The Morgan fingerprint density at radius 1 is 1.50 bits per heavy atom. The maximum atomic E-state index is 2.25. The van der Waals surface area contributed by atoms with Crippen LogP contribution in [-0.2, 0) is 0 Å². The van der Waals surface area contributed by atoms with Crippen LogP contribution in [0.2, 0.25) is 5.82 Å². The van der Waals surface area contributed by atoms with Gasteiger partial charge in [0.2, 0.25) is 0 Å². The van der Waals surface area contributed by atoms with E-state index < -0.39 is 0 Å². The van der Waals surface area contributed by atoms with Crippen molar-refractivity contribution >= 4 is 22.0 Å². The Morgan fingerprint density at radius 2 is 2.00 bits per heavy atom. The van der Waals surface area contributed by atoms with Gasteiger partial charge in [-0.1, -0.05) is 19.7 Å². The van der Waals surface area contributed by atoms with Gasteiger partial charge >= 0.3 is 0 Å². The van der Waals surface area contributed by atoms with Crippen LogP contribution in [0.3, 0.4) is 0 Å². The lowest BCUT2D eigenvalue weighted by molar-refractivity contribution is 1.07. The van der Waals surface area contributed by atoms with Crippen LogP contribution in [0.15, 0.2) is 0 Å². The second-order valence-corrected chi connectivity index (χ2v) is 2.18. The lowest BCUT2D eigenvalue weighted by Gasteiger charge is -1.92. The smallest absolute Gasteiger partial charge is 0.0796 e. The number of hydrogen-bond donors (Lipinski definition) is 0. The van der Waals surface area contributed by atoms with Crippen molar-refractivity contribution in [2.24, 2.45) is 0 Å². The van der Waals surface area contributed by atoms with E-state index in [1.165, 1.54) is 14.2 Å². The first kappa shape index (κ1) is 6.19. The zero-order valence-electron chi connectivity index (χ0n) is 4.99. The maximum Gasteiger partial charge on any atom is 0.0812 e. The number of rotatable bonds is 2. The fourth-order valence-electron chi connectivity index (χ4n) is 0.577. The molecule has 0 atom stereocenters. The molecule has 0 aromatic rings. The summed E-state index contributed by atoms with van der Waals surface area (Å²) in [5, 5.41) is 0. The predicted molar refractivity (Wildman–Crippen MR) is 37.9 cm³/mol. The van der Waals surface area contributed by atoms with E-state index in [4.69, 9.17) is 0 Å². The molecule has 32 valence electrons. The first-order chi connectivity index (χ1) is 2.77. The average molecular weight is 79.6 g/mol. The van der Waals surface area contributed by atoms with Gasteiger partial charge < -0.3 is 0 Å². The molecule has 0 unspecified atom stereocenters. The molecule has 0 aromatic carbocycles. The highest BCUT2D eigenvalue weighted by Gasteiger charge is 1.90. The quantitative estimate of drug-likeness (QED) is 0.379. The summed E-state index contributed by atoms with van der Waals surface area (Å²) in [5.41, 5.74) is 0. The van der Waals surface area contributed by atoms with E-state index in [0.717, 1.165) is 5.82 Å². The van der Waals surface area contributed by atoms with E-state index in [-0.39, 0.29) is 0 Å². The van der Waals surface area contributed by atoms with Crippen LogP contribution in [0.1, 0.15) is 13.8 Å². The molecule has 0 aromatic heterocycles. The maximum absolute atomic E-state index is 2.25. The molecule has 0 spiro atoms. The fourth-order valence-corrected chi connectivity index (χ4v) is 0.577. The summed E-state index contributed by atoms with van der Waals surface area (Å²) in [6.45, 7) is 4.51. The summed E-state index contributed by atoms with van der Waals surface area (Å²) in [6, 6.07) is 0. The van der Waals surface area contributed by atoms with E-state index >= 15 is 0 Å². The van der Waals surface area contributed by atoms with Crippen LogP contribution in [0.5, 0.6) is 0 Å².